The van der Waals surface area contributed by atoms with Gasteiger partial charge in [0.15, 0.2) is 0 Å². The van der Waals surface area contributed by atoms with Crippen molar-refractivity contribution in [3.8, 4) is 11.1 Å². The molecule has 5 unspecified atom stereocenters. The minimum absolute atomic E-state index is 0.00164. The van der Waals surface area contributed by atoms with Crippen molar-refractivity contribution < 1.29 is 38.7 Å². The topological polar surface area (TPSA) is 212 Å². The largest absolute Gasteiger partial charge is 0.480 e. The Balaban J connectivity index is 1.23. The fraction of sp³-hybridized carbons (Fsp3) is 0.241. The van der Waals surface area contributed by atoms with Crippen molar-refractivity contribution >= 4 is 58.4 Å². The molecule has 1 aromatic heterocycles. The first-order valence-electron chi connectivity index (χ1n) is 22.8. The number of rotatable bonds is 13. The summed E-state index contributed by atoms with van der Waals surface area (Å²) >= 11 is 1.40. The normalized spacial score (nSPS) is 18.8. The number of hydrogen-bond acceptors (Lipinski definition) is 8. The number of amides is 6. The molecule has 0 fully saturated rings. The molecule has 69 heavy (non-hydrogen) atoms. The van der Waals surface area contributed by atoms with Gasteiger partial charge in [-0.25, -0.2) is 4.79 Å². The molecule has 6 amide bonds. The summed E-state index contributed by atoms with van der Waals surface area (Å²) in [5.41, 5.74) is 5.16. The number of carbonyl (C=O) groups excluding carboxylic acids is 6. The Morgan fingerprint density at radius 3 is 1.80 bits per heavy atom. The van der Waals surface area contributed by atoms with Crippen LogP contribution in [-0.4, -0.2) is 76.7 Å². The van der Waals surface area contributed by atoms with E-state index in [2.05, 4.69) is 31.9 Å². The van der Waals surface area contributed by atoms with E-state index in [0.29, 0.717) is 28.8 Å². The van der Waals surface area contributed by atoms with Crippen molar-refractivity contribution in [1.29, 1.82) is 0 Å². The summed E-state index contributed by atoms with van der Waals surface area (Å²) in [6.45, 7) is 0. The predicted molar refractivity (Wildman–Crippen MR) is 264 cm³/mol. The predicted octanol–water partition coefficient (Wildman–Crippen LogP) is 5.56. The van der Waals surface area contributed by atoms with Gasteiger partial charge in [0.2, 0.25) is 35.4 Å². The maximum Gasteiger partial charge on any atom is 0.326 e. The van der Waals surface area contributed by atoms with E-state index in [1.807, 2.05) is 102 Å². The van der Waals surface area contributed by atoms with Gasteiger partial charge in [-0.1, -0.05) is 133 Å². The molecule has 8 rings (SSSR count). The number of benzene rings is 5. The second-order valence-electron chi connectivity index (χ2n) is 16.9. The number of carboxylic acids is 1. The van der Waals surface area contributed by atoms with Crippen molar-refractivity contribution in [2.24, 2.45) is 0 Å². The molecule has 2 aliphatic rings. The molecule has 0 radical (unpaired) electrons. The Morgan fingerprint density at radius 1 is 0.580 bits per heavy atom. The van der Waals surface area contributed by atoms with Crippen LogP contribution in [0.25, 0.3) is 11.1 Å². The van der Waals surface area contributed by atoms with E-state index in [-0.39, 0.29) is 44.9 Å². The summed E-state index contributed by atoms with van der Waals surface area (Å²) in [7, 11) is 0. The van der Waals surface area contributed by atoms with Crippen LogP contribution in [0.1, 0.15) is 46.4 Å². The lowest BCUT2D eigenvalue weighted by Gasteiger charge is -2.27. The molecule has 3 heterocycles. The van der Waals surface area contributed by atoms with E-state index in [1.54, 1.807) is 54.6 Å². The van der Waals surface area contributed by atoms with Gasteiger partial charge in [0.1, 0.15) is 30.2 Å². The maximum absolute atomic E-state index is 14.8. The van der Waals surface area contributed by atoms with Crippen LogP contribution in [-0.2, 0) is 65.7 Å². The van der Waals surface area contributed by atoms with E-state index in [0.717, 1.165) is 21.6 Å². The average Bonchev–Trinajstić information content (AvgIpc) is 3.88. The van der Waals surface area contributed by atoms with Gasteiger partial charge in [0, 0.05) is 49.1 Å². The summed E-state index contributed by atoms with van der Waals surface area (Å²) in [4.78, 5) is 97.9. The Kier molecular flexibility index (Phi) is 17.2. The highest BCUT2D eigenvalue weighted by Gasteiger charge is 2.33. The highest BCUT2D eigenvalue weighted by atomic mass is 32.1. The number of carboxylic acid groups (broad SMARTS) is 1. The van der Waals surface area contributed by atoms with Crippen LogP contribution in [0.15, 0.2) is 157 Å². The average molecular weight is 947 g/mol. The summed E-state index contributed by atoms with van der Waals surface area (Å²) in [6.07, 6.45) is -0.0153. The smallest absolute Gasteiger partial charge is 0.326 e. The number of nitrogens with one attached hydrogen (secondary N) is 6. The van der Waals surface area contributed by atoms with E-state index in [1.165, 1.54) is 11.3 Å². The van der Waals surface area contributed by atoms with Gasteiger partial charge in [-0.05, 0) is 69.8 Å². The molecular formula is C54H54N6O8S. The lowest BCUT2D eigenvalue weighted by Crippen LogP contribution is -2.59. The lowest BCUT2D eigenvalue weighted by atomic mass is 9.98. The van der Waals surface area contributed by atoms with Gasteiger partial charge in [-0.2, -0.15) is 0 Å². The third kappa shape index (κ3) is 14.8. The molecule has 0 aliphatic carbocycles. The summed E-state index contributed by atoms with van der Waals surface area (Å²) in [5.74, 6) is -5.11. The van der Waals surface area contributed by atoms with E-state index in [9.17, 15) is 38.7 Å². The number of fused-ring (bicyclic) bond motifs is 18. The highest BCUT2D eigenvalue weighted by Crippen LogP contribution is 2.21. The number of carbonyl (C=O) groups is 7. The van der Waals surface area contributed by atoms with Gasteiger partial charge in [-0.3, -0.25) is 28.8 Å². The van der Waals surface area contributed by atoms with Crippen LogP contribution in [0.5, 0.6) is 0 Å². The van der Waals surface area contributed by atoms with Crippen molar-refractivity contribution in [3.05, 3.63) is 184 Å². The minimum atomic E-state index is -1.34. The van der Waals surface area contributed by atoms with Crippen LogP contribution in [0.3, 0.4) is 0 Å². The number of anilines is 1. The maximum atomic E-state index is 14.8. The SMILES string of the molecule is O=C1CCC(=O)NC(Cc2cccs2)C(=O)NC(Cc2ccc(-c3ccccc3)cc2)C(=O)NC(CCc2ccccc2)C(=O)NC(C(=O)NC(Cc2ccccc2)C(=O)O)Cc2ccc(cc2)N1. The molecule has 2 bridgehead atoms. The molecule has 0 saturated heterocycles. The van der Waals surface area contributed by atoms with Crippen LogP contribution in [0.2, 0.25) is 0 Å². The first-order chi connectivity index (χ1) is 33.4. The Labute approximate surface area is 404 Å². The molecule has 354 valence electrons. The van der Waals surface area contributed by atoms with Gasteiger partial charge >= 0.3 is 5.97 Å². The molecule has 15 heteroatoms. The zero-order chi connectivity index (χ0) is 48.5. The molecule has 5 aromatic carbocycles. The number of thiophene rings is 1. The van der Waals surface area contributed by atoms with E-state index < -0.39 is 71.6 Å². The molecule has 6 aromatic rings. The van der Waals surface area contributed by atoms with Crippen LogP contribution >= 0.6 is 11.3 Å². The van der Waals surface area contributed by atoms with E-state index in [4.69, 9.17) is 0 Å². The summed E-state index contributed by atoms with van der Waals surface area (Å²) in [5, 5.41) is 28.8. The van der Waals surface area contributed by atoms with Gasteiger partial charge in [0.25, 0.3) is 0 Å². The number of hydrogen-bond donors (Lipinski definition) is 7. The fourth-order valence-electron chi connectivity index (χ4n) is 8.00. The second-order valence-corrected chi connectivity index (χ2v) is 17.9. The highest BCUT2D eigenvalue weighted by molar-refractivity contribution is 7.09. The van der Waals surface area contributed by atoms with Crippen LogP contribution in [0.4, 0.5) is 5.69 Å². The first kappa shape index (κ1) is 49.0. The Hall–Kier alpha value is -7.91. The van der Waals surface area contributed by atoms with E-state index >= 15 is 0 Å². The first-order valence-corrected chi connectivity index (χ1v) is 23.7. The number of aliphatic carboxylic acids is 1. The zero-order valence-electron chi connectivity index (χ0n) is 37.8. The standard InChI is InChI=1S/C54H54N6O8S/c61-48-28-29-49(62)56-46(34-42-17-10-30-69-42)53(66)59-44(31-37-18-23-40(24-19-37)39-15-8-3-9-16-39)51(64)57-43(27-22-35-11-4-1-5-12-35)50(63)58-45(32-38-20-25-41(55-48)26-21-38)52(65)60-47(54(67)68)33-36-13-6-2-7-14-36/h1-21,23-26,30,43-47H,22,27-29,31-34H2,(H,55,61)(H,56,62)(H,57,64)(H,58,63)(H,59,66)(H,60,65)(H,67,68). The van der Waals surface area contributed by atoms with Crippen LogP contribution in [0, 0.1) is 0 Å². The number of aryl methyl sites for hydroxylation is 1. The van der Waals surface area contributed by atoms with Crippen molar-refractivity contribution in [3.63, 3.8) is 0 Å². The Morgan fingerprint density at radius 2 is 1.16 bits per heavy atom. The van der Waals surface area contributed by atoms with Crippen molar-refractivity contribution in [1.82, 2.24) is 26.6 Å². The van der Waals surface area contributed by atoms with Crippen molar-refractivity contribution in [2.45, 2.75) is 81.6 Å². The molecule has 5 atom stereocenters. The van der Waals surface area contributed by atoms with Crippen LogP contribution < -0.4 is 31.9 Å². The molecule has 0 saturated carbocycles. The third-order valence-corrected chi connectivity index (χ3v) is 12.7. The molecule has 14 nitrogen and oxygen atoms in total. The zero-order valence-corrected chi connectivity index (χ0v) is 38.6. The lowest BCUT2D eigenvalue weighted by molar-refractivity contribution is -0.142. The monoisotopic (exact) mass is 946 g/mol. The molecule has 7 N–H and O–H groups in total. The quantitative estimate of drug-likeness (QED) is 0.0728. The summed E-state index contributed by atoms with van der Waals surface area (Å²) in [6, 6.07) is 39.4. The van der Waals surface area contributed by atoms with Crippen molar-refractivity contribution in [2.75, 3.05) is 5.32 Å². The molecular weight excluding hydrogens is 893 g/mol. The Bertz CT molecular complexity index is 2690. The molecule has 0 spiro atoms. The summed E-state index contributed by atoms with van der Waals surface area (Å²) < 4.78 is 0. The minimum Gasteiger partial charge on any atom is -0.480 e. The van der Waals surface area contributed by atoms with Gasteiger partial charge < -0.3 is 37.0 Å². The third-order valence-electron chi connectivity index (χ3n) is 11.8. The molecule has 2 aliphatic heterocycles. The van der Waals surface area contributed by atoms with Gasteiger partial charge in [0.05, 0.1) is 0 Å². The second kappa shape index (κ2) is 24.2. The fourth-order valence-corrected chi connectivity index (χ4v) is 8.75. The van der Waals surface area contributed by atoms with Gasteiger partial charge in [-0.15, -0.1) is 11.3 Å².